The molecule has 140 valence electrons. The molecule has 5 nitrogen and oxygen atoms in total. The Hall–Kier alpha value is -2.65. The molecule has 0 fully saturated rings. The van der Waals surface area contributed by atoms with Crippen LogP contribution in [0.1, 0.15) is 47.8 Å². The van der Waals surface area contributed by atoms with Crippen LogP contribution in [0.25, 0.3) is 0 Å². The molecule has 3 rings (SSSR count). The molecule has 1 aliphatic rings. The van der Waals surface area contributed by atoms with Gasteiger partial charge in [-0.3, -0.25) is 9.59 Å². The lowest BCUT2D eigenvalue weighted by atomic mass is 10.0. The van der Waals surface area contributed by atoms with E-state index in [-0.39, 0.29) is 11.8 Å². The fourth-order valence-electron chi connectivity index (χ4n) is 3.29. The van der Waals surface area contributed by atoms with Gasteiger partial charge in [0, 0.05) is 24.3 Å². The third-order valence-electron chi connectivity index (χ3n) is 4.72. The van der Waals surface area contributed by atoms with Crippen LogP contribution in [0.15, 0.2) is 30.3 Å². The Morgan fingerprint density at radius 2 is 2.04 bits per heavy atom. The summed E-state index contributed by atoms with van der Waals surface area (Å²) in [6.07, 6.45) is 3.09. The van der Waals surface area contributed by atoms with E-state index >= 15 is 0 Å². The highest BCUT2D eigenvalue weighted by Crippen LogP contribution is 2.36. The molecule has 0 radical (unpaired) electrons. The van der Waals surface area contributed by atoms with E-state index in [9.17, 15) is 14.9 Å². The summed E-state index contributed by atoms with van der Waals surface area (Å²) in [7, 11) is 0. The first kappa shape index (κ1) is 19.1. The summed E-state index contributed by atoms with van der Waals surface area (Å²) in [5.41, 5.74) is 2.66. The molecular formula is C21H23N3O2S. The third kappa shape index (κ3) is 4.55. The number of anilines is 1. The van der Waals surface area contributed by atoms with Gasteiger partial charge in [-0.15, -0.1) is 11.3 Å². The third-order valence-corrected chi connectivity index (χ3v) is 5.85. The summed E-state index contributed by atoms with van der Waals surface area (Å²) in [6, 6.07) is 12.1. The zero-order valence-corrected chi connectivity index (χ0v) is 16.3. The lowest BCUT2D eigenvalue weighted by Crippen LogP contribution is -2.35. The first-order chi connectivity index (χ1) is 13.1. The van der Waals surface area contributed by atoms with Crippen molar-refractivity contribution in [2.75, 3.05) is 11.9 Å². The number of amides is 2. The second-order valence-corrected chi connectivity index (χ2v) is 7.77. The van der Waals surface area contributed by atoms with Crippen LogP contribution in [0.2, 0.25) is 0 Å². The summed E-state index contributed by atoms with van der Waals surface area (Å²) in [5, 5.41) is 13.1. The predicted octanol–water partition coefficient (Wildman–Crippen LogP) is 3.88. The van der Waals surface area contributed by atoms with Crippen molar-refractivity contribution in [1.29, 1.82) is 5.26 Å². The highest BCUT2D eigenvalue weighted by Gasteiger charge is 2.27. The second-order valence-electron chi connectivity index (χ2n) is 6.67. The van der Waals surface area contributed by atoms with Crippen LogP contribution in [-0.2, 0) is 29.0 Å². The molecule has 2 aromatic rings. The van der Waals surface area contributed by atoms with Crippen molar-refractivity contribution < 1.29 is 9.59 Å². The zero-order valence-electron chi connectivity index (χ0n) is 15.5. The van der Waals surface area contributed by atoms with Gasteiger partial charge in [0.1, 0.15) is 11.1 Å². The Balaban J connectivity index is 1.67. The number of carbonyl (C=O) groups excluding carboxylic acids is 2. The van der Waals surface area contributed by atoms with Crippen molar-refractivity contribution in [2.45, 2.75) is 45.6 Å². The Labute approximate surface area is 163 Å². The number of benzene rings is 1. The molecular weight excluding hydrogens is 358 g/mol. The lowest BCUT2D eigenvalue weighted by molar-refractivity contribution is -0.132. The first-order valence-electron chi connectivity index (χ1n) is 9.28. The maximum absolute atomic E-state index is 12.3. The number of hydrogen-bond donors (Lipinski definition) is 1. The molecule has 0 aliphatic carbocycles. The van der Waals surface area contributed by atoms with E-state index in [2.05, 4.69) is 11.4 Å². The molecule has 0 bridgehead atoms. The summed E-state index contributed by atoms with van der Waals surface area (Å²) < 4.78 is 0. The molecule has 6 heteroatoms. The van der Waals surface area contributed by atoms with Crippen LogP contribution in [0.3, 0.4) is 0 Å². The van der Waals surface area contributed by atoms with Crippen LogP contribution in [0, 0.1) is 11.3 Å². The van der Waals surface area contributed by atoms with Gasteiger partial charge in [0.2, 0.25) is 11.8 Å². The van der Waals surface area contributed by atoms with Gasteiger partial charge in [0.05, 0.1) is 12.1 Å². The number of carbonyl (C=O) groups is 2. The molecule has 1 aromatic heterocycles. The maximum Gasteiger partial charge on any atom is 0.225 e. The van der Waals surface area contributed by atoms with Gasteiger partial charge in [0.25, 0.3) is 0 Å². The summed E-state index contributed by atoms with van der Waals surface area (Å²) in [6.45, 7) is 3.17. The number of thiophene rings is 1. The van der Waals surface area contributed by atoms with Crippen molar-refractivity contribution >= 4 is 28.2 Å². The normalized spacial score (nSPS) is 13.0. The van der Waals surface area contributed by atoms with Crippen molar-refractivity contribution in [1.82, 2.24) is 4.90 Å². The predicted molar refractivity (Wildman–Crippen MR) is 106 cm³/mol. The number of nitriles is 1. The van der Waals surface area contributed by atoms with Crippen molar-refractivity contribution in [3.8, 4) is 6.07 Å². The van der Waals surface area contributed by atoms with E-state index in [4.69, 9.17) is 0 Å². The lowest BCUT2D eigenvalue weighted by Gasteiger charge is -2.26. The van der Waals surface area contributed by atoms with Crippen LogP contribution in [0.5, 0.6) is 0 Å². The van der Waals surface area contributed by atoms with Crippen molar-refractivity contribution in [3.63, 3.8) is 0 Å². The monoisotopic (exact) mass is 381 g/mol. The van der Waals surface area contributed by atoms with E-state index in [1.807, 2.05) is 42.2 Å². The van der Waals surface area contributed by atoms with Gasteiger partial charge in [-0.2, -0.15) is 5.26 Å². The SMILES string of the molecule is CCCC(=O)N1CCc2c(sc(NC(=O)CCc3ccccc3)c2C#N)C1. The van der Waals surface area contributed by atoms with E-state index in [1.54, 1.807) is 0 Å². The number of hydrogen-bond acceptors (Lipinski definition) is 4. The van der Waals surface area contributed by atoms with Crippen molar-refractivity contribution in [3.05, 3.63) is 51.9 Å². The highest BCUT2D eigenvalue weighted by molar-refractivity contribution is 7.16. The first-order valence-corrected chi connectivity index (χ1v) is 10.1. The fraction of sp³-hybridized carbons (Fsp3) is 0.381. The summed E-state index contributed by atoms with van der Waals surface area (Å²) in [5.74, 6) is 0.0661. The summed E-state index contributed by atoms with van der Waals surface area (Å²) >= 11 is 1.43. The van der Waals surface area contributed by atoms with Gasteiger partial charge in [-0.05, 0) is 30.4 Å². The summed E-state index contributed by atoms with van der Waals surface area (Å²) in [4.78, 5) is 27.4. The second kappa shape index (κ2) is 8.83. The van der Waals surface area contributed by atoms with E-state index in [0.717, 1.165) is 22.4 Å². The number of rotatable bonds is 6. The van der Waals surface area contributed by atoms with Crippen LogP contribution < -0.4 is 5.32 Å². The molecule has 0 atom stereocenters. The maximum atomic E-state index is 12.3. The number of nitrogens with one attached hydrogen (secondary N) is 1. The smallest absolute Gasteiger partial charge is 0.225 e. The van der Waals surface area contributed by atoms with E-state index in [1.165, 1.54) is 11.3 Å². The van der Waals surface area contributed by atoms with Crippen molar-refractivity contribution in [2.24, 2.45) is 0 Å². The number of nitrogens with zero attached hydrogens (tertiary/aromatic N) is 2. The van der Waals surface area contributed by atoms with Crippen LogP contribution in [-0.4, -0.2) is 23.3 Å². The largest absolute Gasteiger partial charge is 0.337 e. The molecule has 0 spiro atoms. The molecule has 0 saturated carbocycles. The Bertz CT molecular complexity index is 868. The van der Waals surface area contributed by atoms with Crippen LogP contribution >= 0.6 is 11.3 Å². The fourth-order valence-corrected chi connectivity index (χ4v) is 4.52. The number of aryl methyl sites for hydroxylation is 1. The number of fused-ring (bicyclic) bond motifs is 1. The topological polar surface area (TPSA) is 73.2 Å². The molecule has 2 amide bonds. The average Bonchev–Trinajstić information content (AvgIpc) is 3.03. The molecule has 1 aromatic carbocycles. The quantitative estimate of drug-likeness (QED) is 0.825. The Morgan fingerprint density at radius 1 is 1.26 bits per heavy atom. The standard InChI is InChI=1S/C21H23N3O2S/c1-2-6-20(26)24-12-11-16-17(13-22)21(27-18(16)14-24)23-19(25)10-9-15-7-4-3-5-8-15/h3-5,7-8H,2,6,9-12,14H2,1H3,(H,23,25). The molecule has 0 unspecified atom stereocenters. The Morgan fingerprint density at radius 3 is 2.74 bits per heavy atom. The van der Waals surface area contributed by atoms with Crippen LogP contribution in [0.4, 0.5) is 5.00 Å². The molecule has 1 aliphatic heterocycles. The minimum Gasteiger partial charge on any atom is -0.337 e. The minimum atomic E-state index is -0.0899. The molecule has 0 saturated heterocycles. The zero-order chi connectivity index (χ0) is 19.2. The van der Waals surface area contributed by atoms with E-state index in [0.29, 0.717) is 49.3 Å². The van der Waals surface area contributed by atoms with Gasteiger partial charge in [-0.25, -0.2) is 0 Å². The molecule has 1 N–H and O–H groups in total. The van der Waals surface area contributed by atoms with Gasteiger partial charge < -0.3 is 10.2 Å². The highest BCUT2D eigenvalue weighted by atomic mass is 32.1. The van der Waals surface area contributed by atoms with Gasteiger partial charge in [-0.1, -0.05) is 37.3 Å². The van der Waals surface area contributed by atoms with Gasteiger partial charge >= 0.3 is 0 Å². The van der Waals surface area contributed by atoms with E-state index < -0.39 is 0 Å². The van der Waals surface area contributed by atoms with Gasteiger partial charge in [0.15, 0.2) is 0 Å². The Kier molecular flexibility index (Phi) is 6.25. The molecule has 27 heavy (non-hydrogen) atoms. The average molecular weight is 382 g/mol. The minimum absolute atomic E-state index is 0.0899. The molecule has 2 heterocycles.